The first kappa shape index (κ1) is 11.5. The summed E-state index contributed by atoms with van der Waals surface area (Å²) in [5.74, 6) is -1.09. The van der Waals surface area contributed by atoms with Gasteiger partial charge in [0.25, 0.3) is 0 Å². The van der Waals surface area contributed by atoms with Crippen molar-refractivity contribution in [1.29, 1.82) is 0 Å². The van der Waals surface area contributed by atoms with Gasteiger partial charge in [-0.1, -0.05) is 6.07 Å². The third kappa shape index (κ3) is 1.65. The van der Waals surface area contributed by atoms with Crippen LogP contribution in [0.4, 0.5) is 0 Å². The van der Waals surface area contributed by atoms with Crippen LogP contribution in [0.25, 0.3) is 0 Å². The largest absolute Gasteiger partial charge is 0.468 e. The molecule has 2 aliphatic rings. The zero-order valence-electron chi connectivity index (χ0n) is 10.5. The Kier molecular flexibility index (Phi) is 2.69. The van der Waals surface area contributed by atoms with Crippen LogP contribution in [0.2, 0.25) is 0 Å². The molecule has 0 radical (unpaired) electrons. The molecule has 1 aromatic carbocycles. The topological polar surface area (TPSA) is 43.4 Å². The summed E-state index contributed by atoms with van der Waals surface area (Å²) in [4.78, 5) is 23.8. The predicted octanol–water partition coefficient (Wildman–Crippen LogP) is 2.09. The fourth-order valence-electron chi connectivity index (χ4n) is 3.07. The minimum absolute atomic E-state index is 0.0646. The Balaban J connectivity index is 2.00. The highest BCUT2D eigenvalue weighted by Gasteiger charge is 2.37. The van der Waals surface area contributed by atoms with Gasteiger partial charge in [-0.3, -0.25) is 9.59 Å². The van der Waals surface area contributed by atoms with Crippen molar-refractivity contribution in [3.8, 4) is 0 Å². The summed E-state index contributed by atoms with van der Waals surface area (Å²) in [5.41, 5.74) is 4.42. The summed E-state index contributed by atoms with van der Waals surface area (Å²) < 4.78 is 4.70. The minimum atomic E-state index is -0.617. The highest BCUT2D eigenvalue weighted by atomic mass is 16.5. The summed E-state index contributed by atoms with van der Waals surface area (Å²) in [6, 6.07) is 4.14. The first-order chi connectivity index (χ1) is 8.70. The van der Waals surface area contributed by atoms with Crippen molar-refractivity contribution < 1.29 is 14.3 Å². The molecule has 0 bridgehead atoms. The van der Waals surface area contributed by atoms with Crippen molar-refractivity contribution in [2.75, 3.05) is 7.11 Å². The lowest BCUT2D eigenvalue weighted by molar-refractivity contribution is -0.143. The van der Waals surface area contributed by atoms with Gasteiger partial charge in [-0.25, -0.2) is 0 Å². The summed E-state index contributed by atoms with van der Waals surface area (Å²) in [5, 5.41) is 0. The maximum Gasteiger partial charge on any atom is 0.316 e. The Hall–Kier alpha value is -1.64. The van der Waals surface area contributed by atoms with Gasteiger partial charge in [0, 0.05) is 5.56 Å². The SMILES string of the molecule is COC(=O)[C@@H]1Cc2cc3c(cc2C1=O)CCCC3. The number of benzene rings is 1. The van der Waals surface area contributed by atoms with Crippen LogP contribution < -0.4 is 0 Å². The molecule has 0 spiro atoms. The van der Waals surface area contributed by atoms with Crippen molar-refractivity contribution in [1.82, 2.24) is 0 Å². The Labute approximate surface area is 106 Å². The summed E-state index contributed by atoms with van der Waals surface area (Å²) >= 11 is 0. The van der Waals surface area contributed by atoms with Gasteiger partial charge in [-0.15, -0.1) is 0 Å². The Morgan fingerprint density at radius 3 is 2.50 bits per heavy atom. The van der Waals surface area contributed by atoms with E-state index in [1.807, 2.05) is 6.07 Å². The standard InChI is InChI=1S/C15H16O3/c1-18-15(17)13-8-11-6-9-4-2-3-5-10(9)7-12(11)14(13)16/h6-7,13H,2-5,8H2,1H3/t13-/m1/s1. The second-order valence-electron chi connectivity index (χ2n) is 5.13. The van der Waals surface area contributed by atoms with Gasteiger partial charge in [0.1, 0.15) is 5.92 Å². The second kappa shape index (κ2) is 4.23. The number of ether oxygens (including phenoxy) is 1. The first-order valence-corrected chi connectivity index (χ1v) is 6.47. The maximum absolute atomic E-state index is 12.2. The molecule has 0 unspecified atom stereocenters. The number of esters is 1. The van der Waals surface area contributed by atoms with Gasteiger partial charge in [-0.2, -0.15) is 0 Å². The van der Waals surface area contributed by atoms with E-state index in [-0.39, 0.29) is 5.78 Å². The molecule has 0 aliphatic heterocycles. The molecule has 0 saturated carbocycles. The number of rotatable bonds is 1. The van der Waals surface area contributed by atoms with Crippen LogP contribution in [0.3, 0.4) is 0 Å². The number of hydrogen-bond acceptors (Lipinski definition) is 3. The van der Waals surface area contributed by atoms with Gasteiger partial charge in [0.05, 0.1) is 7.11 Å². The van der Waals surface area contributed by atoms with Gasteiger partial charge in [-0.05, 0) is 54.9 Å². The fraction of sp³-hybridized carbons (Fsp3) is 0.467. The zero-order chi connectivity index (χ0) is 12.7. The Morgan fingerprint density at radius 1 is 1.17 bits per heavy atom. The van der Waals surface area contributed by atoms with Crippen LogP contribution in [0.15, 0.2) is 12.1 Å². The molecule has 18 heavy (non-hydrogen) atoms. The molecule has 3 rings (SSSR count). The van der Waals surface area contributed by atoms with Crippen LogP contribution >= 0.6 is 0 Å². The van der Waals surface area contributed by atoms with Gasteiger partial charge in [0.2, 0.25) is 0 Å². The highest BCUT2D eigenvalue weighted by molar-refractivity contribution is 6.12. The number of methoxy groups -OCH3 is 1. The molecule has 3 heteroatoms. The van der Waals surface area contributed by atoms with E-state index in [4.69, 9.17) is 4.74 Å². The lowest BCUT2D eigenvalue weighted by Gasteiger charge is -2.16. The van der Waals surface area contributed by atoms with Crippen LogP contribution in [-0.2, 0) is 28.8 Å². The Morgan fingerprint density at radius 2 is 1.83 bits per heavy atom. The summed E-state index contributed by atoms with van der Waals surface area (Å²) in [7, 11) is 1.34. The van der Waals surface area contributed by atoms with Crippen LogP contribution in [0.5, 0.6) is 0 Å². The zero-order valence-corrected chi connectivity index (χ0v) is 10.5. The molecule has 0 heterocycles. The van der Waals surface area contributed by atoms with Crippen LogP contribution in [0, 0.1) is 5.92 Å². The van der Waals surface area contributed by atoms with E-state index in [1.54, 1.807) is 0 Å². The second-order valence-corrected chi connectivity index (χ2v) is 5.13. The van der Waals surface area contributed by atoms with Gasteiger partial charge < -0.3 is 4.74 Å². The van der Waals surface area contributed by atoms with Gasteiger partial charge >= 0.3 is 5.97 Å². The summed E-state index contributed by atoms with van der Waals surface area (Å²) in [6.07, 6.45) is 5.08. The lowest BCUT2D eigenvalue weighted by atomic mass is 9.89. The molecule has 0 fully saturated rings. The van der Waals surface area contributed by atoms with Crippen molar-refractivity contribution in [2.24, 2.45) is 5.92 Å². The molecule has 1 atom stereocenters. The third-order valence-corrected chi connectivity index (χ3v) is 4.06. The van der Waals surface area contributed by atoms with Crippen molar-refractivity contribution in [3.05, 3.63) is 34.4 Å². The van der Waals surface area contributed by atoms with E-state index < -0.39 is 11.9 Å². The molecular weight excluding hydrogens is 228 g/mol. The van der Waals surface area contributed by atoms with Crippen molar-refractivity contribution >= 4 is 11.8 Å². The number of carbonyl (C=O) groups is 2. The van der Waals surface area contributed by atoms with E-state index in [2.05, 4.69) is 6.07 Å². The fourth-order valence-corrected chi connectivity index (χ4v) is 3.07. The van der Waals surface area contributed by atoms with Crippen molar-refractivity contribution in [3.63, 3.8) is 0 Å². The highest BCUT2D eigenvalue weighted by Crippen LogP contribution is 2.32. The Bertz CT molecular complexity index is 531. The van der Waals surface area contributed by atoms with Crippen LogP contribution in [-0.4, -0.2) is 18.9 Å². The maximum atomic E-state index is 12.2. The summed E-state index contributed by atoms with van der Waals surface area (Å²) in [6.45, 7) is 0. The van der Waals surface area contributed by atoms with E-state index in [1.165, 1.54) is 31.1 Å². The molecule has 0 saturated heterocycles. The van der Waals surface area contributed by atoms with Crippen molar-refractivity contribution in [2.45, 2.75) is 32.1 Å². The van der Waals surface area contributed by atoms with E-state index >= 15 is 0 Å². The quantitative estimate of drug-likeness (QED) is 0.561. The molecule has 3 nitrogen and oxygen atoms in total. The molecule has 94 valence electrons. The number of hydrogen-bond donors (Lipinski definition) is 0. The average molecular weight is 244 g/mol. The third-order valence-electron chi connectivity index (χ3n) is 4.06. The van der Waals surface area contributed by atoms with Gasteiger partial charge in [0.15, 0.2) is 5.78 Å². The predicted molar refractivity (Wildman–Crippen MR) is 66.6 cm³/mol. The lowest BCUT2D eigenvalue weighted by Crippen LogP contribution is -2.21. The van der Waals surface area contributed by atoms with E-state index in [0.29, 0.717) is 6.42 Å². The number of fused-ring (bicyclic) bond motifs is 2. The monoisotopic (exact) mass is 244 g/mol. The molecular formula is C15H16O3. The smallest absolute Gasteiger partial charge is 0.316 e. The number of ketones is 1. The van der Waals surface area contributed by atoms with E-state index in [9.17, 15) is 9.59 Å². The average Bonchev–Trinajstić information content (AvgIpc) is 2.72. The molecule has 0 N–H and O–H groups in total. The van der Waals surface area contributed by atoms with E-state index in [0.717, 1.165) is 24.0 Å². The first-order valence-electron chi connectivity index (χ1n) is 6.47. The molecule has 0 aromatic heterocycles. The number of Topliss-reactive ketones (excluding diaryl/α,β-unsaturated/α-hetero) is 1. The normalized spacial score (nSPS) is 21.4. The number of carbonyl (C=O) groups excluding carboxylic acids is 2. The minimum Gasteiger partial charge on any atom is -0.468 e. The van der Waals surface area contributed by atoms with Crippen LogP contribution in [0.1, 0.15) is 39.9 Å². The molecule has 0 amide bonds. The molecule has 1 aromatic rings. The molecule has 2 aliphatic carbocycles. The number of aryl methyl sites for hydroxylation is 2.